The number of nitrogens with zero attached hydrogens (tertiary/aromatic N) is 3. The van der Waals surface area contributed by atoms with Crippen LogP contribution in [-0.2, 0) is 5.75 Å². The summed E-state index contributed by atoms with van der Waals surface area (Å²) in [5.74, 6) is 8.41. The first-order valence-electron chi connectivity index (χ1n) is 7.38. The molecule has 0 amide bonds. The Hall–Kier alpha value is -2.47. The van der Waals surface area contributed by atoms with Crippen LogP contribution in [0.3, 0.4) is 0 Å². The molecule has 0 atom stereocenters. The number of hydrogen-bond acceptors (Lipinski definition) is 5. The second-order valence-corrected chi connectivity index (χ2v) is 5.85. The second kappa shape index (κ2) is 7.19. The highest BCUT2D eigenvalue weighted by atomic mass is 32.2. The van der Waals surface area contributed by atoms with E-state index in [1.807, 2.05) is 49.4 Å². The molecule has 0 unspecified atom stereocenters. The fourth-order valence-electron chi connectivity index (χ4n) is 2.16. The van der Waals surface area contributed by atoms with Crippen LogP contribution in [0.2, 0.25) is 0 Å². The quantitative estimate of drug-likeness (QED) is 0.556. The van der Waals surface area contributed by atoms with E-state index in [0.717, 1.165) is 17.1 Å². The number of nitrogens with two attached hydrogens (primary N) is 1. The monoisotopic (exact) mass is 326 g/mol. The molecule has 0 aliphatic carbocycles. The molecule has 23 heavy (non-hydrogen) atoms. The number of hydrogen-bond donors (Lipinski definition) is 1. The standard InChI is InChI=1S/C17H18N4OS/c1-2-22-15-10-8-14(9-11-15)16-19-20-17(21(16)18)23-12-13-6-4-3-5-7-13/h3-11H,2,12,18H2,1H3. The molecule has 0 fully saturated rings. The third-order valence-electron chi connectivity index (χ3n) is 3.30. The third-order valence-corrected chi connectivity index (χ3v) is 4.31. The summed E-state index contributed by atoms with van der Waals surface area (Å²) in [6.07, 6.45) is 0. The fourth-order valence-corrected chi connectivity index (χ4v) is 2.97. The Morgan fingerprint density at radius 1 is 1.04 bits per heavy atom. The van der Waals surface area contributed by atoms with Gasteiger partial charge in [0.1, 0.15) is 5.75 Å². The van der Waals surface area contributed by atoms with Gasteiger partial charge in [-0.05, 0) is 36.8 Å². The largest absolute Gasteiger partial charge is 0.494 e. The number of benzene rings is 2. The van der Waals surface area contributed by atoms with Crippen molar-refractivity contribution in [3.8, 4) is 17.1 Å². The predicted molar refractivity (Wildman–Crippen MR) is 92.8 cm³/mol. The average molecular weight is 326 g/mol. The molecular formula is C17H18N4OS. The van der Waals surface area contributed by atoms with Crippen LogP contribution >= 0.6 is 11.8 Å². The van der Waals surface area contributed by atoms with Crippen LogP contribution in [0, 0.1) is 0 Å². The molecule has 0 aliphatic rings. The first-order valence-corrected chi connectivity index (χ1v) is 8.37. The lowest BCUT2D eigenvalue weighted by Gasteiger charge is -2.06. The van der Waals surface area contributed by atoms with E-state index in [4.69, 9.17) is 10.6 Å². The normalized spacial score (nSPS) is 10.7. The minimum Gasteiger partial charge on any atom is -0.494 e. The summed E-state index contributed by atoms with van der Waals surface area (Å²) in [6.45, 7) is 2.60. The summed E-state index contributed by atoms with van der Waals surface area (Å²) in [7, 11) is 0. The zero-order chi connectivity index (χ0) is 16.1. The molecule has 2 N–H and O–H groups in total. The van der Waals surface area contributed by atoms with Crippen LogP contribution in [0.1, 0.15) is 12.5 Å². The van der Waals surface area contributed by atoms with Crippen LogP contribution in [0.25, 0.3) is 11.4 Å². The van der Waals surface area contributed by atoms with Gasteiger partial charge in [0.2, 0.25) is 5.16 Å². The highest BCUT2D eigenvalue weighted by Gasteiger charge is 2.12. The van der Waals surface area contributed by atoms with Crippen molar-refractivity contribution in [1.29, 1.82) is 0 Å². The Morgan fingerprint density at radius 2 is 1.78 bits per heavy atom. The first kappa shape index (κ1) is 15.4. The van der Waals surface area contributed by atoms with Gasteiger partial charge < -0.3 is 10.6 Å². The SMILES string of the molecule is CCOc1ccc(-c2nnc(SCc3ccccc3)n2N)cc1. The van der Waals surface area contributed by atoms with Crippen LogP contribution < -0.4 is 10.6 Å². The molecule has 0 bridgehead atoms. The molecule has 0 saturated carbocycles. The van der Waals surface area contributed by atoms with Gasteiger partial charge in [0.15, 0.2) is 5.82 Å². The zero-order valence-electron chi connectivity index (χ0n) is 12.8. The van der Waals surface area contributed by atoms with Crippen molar-refractivity contribution < 1.29 is 4.74 Å². The molecule has 2 aromatic carbocycles. The molecule has 3 rings (SSSR count). The molecular weight excluding hydrogens is 308 g/mol. The number of ether oxygens (including phenoxy) is 1. The fraction of sp³-hybridized carbons (Fsp3) is 0.176. The zero-order valence-corrected chi connectivity index (χ0v) is 13.7. The highest BCUT2D eigenvalue weighted by Crippen LogP contribution is 2.25. The Labute approximate surface area is 139 Å². The predicted octanol–water partition coefficient (Wildman–Crippen LogP) is 3.35. The summed E-state index contributed by atoms with van der Waals surface area (Å²) >= 11 is 1.57. The minimum absolute atomic E-state index is 0.642. The smallest absolute Gasteiger partial charge is 0.210 e. The topological polar surface area (TPSA) is 66.0 Å². The van der Waals surface area contributed by atoms with Gasteiger partial charge in [-0.25, -0.2) is 4.68 Å². The summed E-state index contributed by atoms with van der Waals surface area (Å²) < 4.78 is 6.97. The van der Waals surface area contributed by atoms with E-state index >= 15 is 0 Å². The number of nitrogen functional groups attached to an aromatic ring is 1. The lowest BCUT2D eigenvalue weighted by molar-refractivity contribution is 0.340. The Bertz CT molecular complexity index is 756. The molecule has 1 heterocycles. The summed E-state index contributed by atoms with van der Waals surface area (Å²) in [5.41, 5.74) is 2.14. The average Bonchev–Trinajstić information content (AvgIpc) is 2.96. The van der Waals surface area contributed by atoms with Crippen molar-refractivity contribution in [3.63, 3.8) is 0 Å². The molecule has 118 valence electrons. The van der Waals surface area contributed by atoms with Crippen LogP contribution in [0.15, 0.2) is 59.8 Å². The van der Waals surface area contributed by atoms with E-state index in [0.29, 0.717) is 17.6 Å². The van der Waals surface area contributed by atoms with Crippen molar-refractivity contribution in [2.75, 3.05) is 12.4 Å². The molecule has 0 spiro atoms. The van der Waals surface area contributed by atoms with E-state index < -0.39 is 0 Å². The lowest BCUT2D eigenvalue weighted by atomic mass is 10.2. The summed E-state index contributed by atoms with van der Waals surface area (Å²) in [4.78, 5) is 0. The van der Waals surface area contributed by atoms with E-state index in [1.54, 1.807) is 11.8 Å². The number of thioether (sulfide) groups is 1. The van der Waals surface area contributed by atoms with Gasteiger partial charge in [-0.1, -0.05) is 42.1 Å². The van der Waals surface area contributed by atoms with Crippen molar-refractivity contribution in [1.82, 2.24) is 14.9 Å². The third kappa shape index (κ3) is 3.65. The highest BCUT2D eigenvalue weighted by molar-refractivity contribution is 7.98. The molecule has 5 nitrogen and oxygen atoms in total. The molecule has 1 aromatic heterocycles. The van der Waals surface area contributed by atoms with E-state index in [-0.39, 0.29) is 0 Å². The maximum absolute atomic E-state index is 6.14. The second-order valence-electron chi connectivity index (χ2n) is 4.91. The van der Waals surface area contributed by atoms with Gasteiger partial charge in [0.25, 0.3) is 0 Å². The summed E-state index contributed by atoms with van der Waals surface area (Å²) in [6, 6.07) is 17.9. The molecule has 6 heteroatoms. The summed E-state index contributed by atoms with van der Waals surface area (Å²) in [5, 5.41) is 9.08. The Kier molecular flexibility index (Phi) is 4.83. The van der Waals surface area contributed by atoms with Crippen molar-refractivity contribution in [3.05, 3.63) is 60.2 Å². The first-order chi connectivity index (χ1) is 11.3. The minimum atomic E-state index is 0.642. The van der Waals surface area contributed by atoms with Crippen LogP contribution in [0.5, 0.6) is 5.75 Å². The number of rotatable bonds is 6. The van der Waals surface area contributed by atoms with Gasteiger partial charge in [-0.3, -0.25) is 0 Å². The molecule has 0 aliphatic heterocycles. The van der Waals surface area contributed by atoms with Crippen molar-refractivity contribution in [2.45, 2.75) is 17.8 Å². The van der Waals surface area contributed by atoms with Gasteiger partial charge >= 0.3 is 0 Å². The maximum atomic E-state index is 6.14. The molecule has 0 saturated heterocycles. The van der Waals surface area contributed by atoms with Gasteiger partial charge in [-0.2, -0.15) is 0 Å². The Morgan fingerprint density at radius 3 is 2.48 bits per heavy atom. The van der Waals surface area contributed by atoms with Crippen LogP contribution in [0.4, 0.5) is 0 Å². The lowest BCUT2D eigenvalue weighted by Crippen LogP contribution is -2.11. The van der Waals surface area contributed by atoms with Gasteiger partial charge in [0.05, 0.1) is 6.61 Å². The van der Waals surface area contributed by atoms with Crippen molar-refractivity contribution >= 4 is 11.8 Å². The molecule has 3 aromatic rings. The van der Waals surface area contributed by atoms with E-state index in [2.05, 4.69) is 22.3 Å². The Balaban J connectivity index is 1.73. The molecule has 0 radical (unpaired) electrons. The van der Waals surface area contributed by atoms with Crippen LogP contribution in [-0.4, -0.2) is 21.5 Å². The van der Waals surface area contributed by atoms with E-state index in [1.165, 1.54) is 10.2 Å². The van der Waals surface area contributed by atoms with Crippen molar-refractivity contribution in [2.24, 2.45) is 0 Å². The van der Waals surface area contributed by atoms with E-state index in [9.17, 15) is 0 Å². The number of aromatic nitrogens is 3. The van der Waals surface area contributed by atoms with Gasteiger partial charge in [0, 0.05) is 11.3 Å². The van der Waals surface area contributed by atoms with Gasteiger partial charge in [-0.15, -0.1) is 10.2 Å². The maximum Gasteiger partial charge on any atom is 0.210 e.